The Labute approximate surface area is 176 Å². The number of aliphatic hydroxyl groups excluding tert-OH is 1. The molecule has 160 valence electrons. The van der Waals surface area contributed by atoms with E-state index in [1.165, 1.54) is 4.57 Å². The molecule has 0 radical (unpaired) electrons. The Morgan fingerprint density at radius 1 is 1.03 bits per heavy atom. The summed E-state index contributed by atoms with van der Waals surface area (Å²) < 4.78 is 12.7. The Morgan fingerprint density at radius 3 is 2.20 bits per heavy atom. The fraction of sp³-hybridized carbons (Fsp3) is 0.333. The minimum absolute atomic E-state index is 0.151. The van der Waals surface area contributed by atoms with E-state index in [-0.39, 0.29) is 11.7 Å². The molecule has 30 heavy (non-hydrogen) atoms. The van der Waals surface area contributed by atoms with Crippen molar-refractivity contribution < 1.29 is 19.4 Å². The molecule has 0 fully saturated rings. The van der Waals surface area contributed by atoms with E-state index in [0.717, 1.165) is 41.2 Å². The number of aromatic nitrogens is 1. The van der Waals surface area contributed by atoms with Gasteiger partial charge in [-0.15, -0.1) is 0 Å². The number of rotatable bonds is 6. The van der Waals surface area contributed by atoms with Crippen molar-refractivity contribution in [2.45, 2.75) is 33.0 Å². The monoisotopic (exact) mass is 411 g/mol. The number of pyridine rings is 1. The fourth-order valence-corrected chi connectivity index (χ4v) is 3.50. The largest absolute Gasteiger partial charge is 0.497 e. The van der Waals surface area contributed by atoms with Crippen LogP contribution in [0.3, 0.4) is 0 Å². The average Bonchev–Trinajstić information content (AvgIpc) is 2.76. The number of ether oxygens (including phenoxy) is 2. The number of benzene rings is 2. The summed E-state index contributed by atoms with van der Waals surface area (Å²) in [7, 11) is 4.30. The second-order valence-electron chi connectivity index (χ2n) is 7.14. The lowest BCUT2D eigenvalue weighted by atomic mass is 9.93. The van der Waals surface area contributed by atoms with Crippen LogP contribution >= 0.6 is 0 Å². The molecule has 0 aliphatic rings. The molecule has 1 heterocycles. The van der Waals surface area contributed by atoms with E-state index >= 15 is 0 Å². The Kier molecular flexibility index (Phi) is 7.92. The second-order valence-corrected chi connectivity index (χ2v) is 7.14. The summed E-state index contributed by atoms with van der Waals surface area (Å²) in [6.07, 6.45) is -0.259. The van der Waals surface area contributed by atoms with Gasteiger partial charge in [0.2, 0.25) is 0 Å². The average molecular weight is 411 g/mol. The van der Waals surface area contributed by atoms with Gasteiger partial charge in [-0.3, -0.25) is 4.79 Å². The van der Waals surface area contributed by atoms with E-state index in [9.17, 15) is 9.59 Å². The summed E-state index contributed by atoms with van der Waals surface area (Å²) >= 11 is 0. The molecule has 0 amide bonds. The van der Waals surface area contributed by atoms with Crippen molar-refractivity contribution in [1.82, 2.24) is 4.57 Å². The molecule has 3 aromatic rings. The zero-order valence-corrected chi connectivity index (χ0v) is 18.3. The van der Waals surface area contributed by atoms with Crippen LogP contribution < -0.4 is 10.3 Å². The molecule has 0 aliphatic heterocycles. The predicted molar refractivity (Wildman–Crippen MR) is 119 cm³/mol. The molecule has 1 aromatic heterocycles. The van der Waals surface area contributed by atoms with Gasteiger partial charge in [-0.05, 0) is 49.9 Å². The zero-order valence-electron chi connectivity index (χ0n) is 18.3. The number of fused-ring (bicyclic) bond motifs is 1. The minimum atomic E-state index is -0.847. The van der Waals surface area contributed by atoms with Gasteiger partial charge in [-0.1, -0.05) is 29.8 Å². The van der Waals surface area contributed by atoms with Gasteiger partial charge < -0.3 is 23.9 Å². The molecule has 0 spiro atoms. The molecule has 0 bridgehead atoms. The van der Waals surface area contributed by atoms with E-state index in [4.69, 9.17) is 14.6 Å². The van der Waals surface area contributed by atoms with Crippen molar-refractivity contribution in [2.75, 3.05) is 14.2 Å². The standard InChI is InChI=1S/C23H25NO4.CH4O/c1-14(2)28-20(13-25)22-21(16-7-9-17(27-5)10-8-16)19-12-15(3)6-11-18(19)23(26)24(22)4;1-2/h6-14,20H,1-5H3;2H,1H3. The molecule has 0 aliphatic carbocycles. The maximum Gasteiger partial charge on any atom is 0.258 e. The van der Waals surface area contributed by atoms with Gasteiger partial charge in [0.05, 0.1) is 18.9 Å². The van der Waals surface area contributed by atoms with Crippen LogP contribution in [0.1, 0.15) is 31.2 Å². The lowest BCUT2D eigenvalue weighted by Gasteiger charge is -2.23. The van der Waals surface area contributed by atoms with E-state index in [2.05, 4.69) is 0 Å². The third-order valence-electron chi connectivity index (χ3n) is 4.79. The van der Waals surface area contributed by atoms with Gasteiger partial charge in [0, 0.05) is 25.1 Å². The highest BCUT2D eigenvalue weighted by Gasteiger charge is 2.24. The summed E-state index contributed by atoms with van der Waals surface area (Å²) in [6, 6.07) is 13.3. The highest BCUT2D eigenvalue weighted by molar-refractivity contribution is 5.98. The van der Waals surface area contributed by atoms with Crippen molar-refractivity contribution in [3.63, 3.8) is 0 Å². The number of methoxy groups -OCH3 is 1. The lowest BCUT2D eigenvalue weighted by molar-refractivity contribution is -0.121. The zero-order chi connectivity index (χ0) is 22.4. The van der Waals surface area contributed by atoms with Crippen LogP contribution in [0, 0.1) is 6.92 Å². The van der Waals surface area contributed by atoms with E-state index in [1.54, 1.807) is 14.2 Å². The molecule has 2 aromatic carbocycles. The maximum atomic E-state index is 13.0. The van der Waals surface area contributed by atoms with Crippen molar-refractivity contribution in [1.29, 1.82) is 0 Å². The van der Waals surface area contributed by atoms with E-state index < -0.39 is 6.10 Å². The fourth-order valence-electron chi connectivity index (χ4n) is 3.50. The Hall–Kier alpha value is -2.96. The molecule has 1 unspecified atom stereocenters. The smallest absolute Gasteiger partial charge is 0.258 e. The first kappa shape index (κ1) is 23.3. The molecular formula is C24H29NO5. The summed E-state index contributed by atoms with van der Waals surface area (Å²) in [5.41, 5.74) is 3.15. The summed E-state index contributed by atoms with van der Waals surface area (Å²) in [4.78, 5) is 25.0. The summed E-state index contributed by atoms with van der Waals surface area (Å²) in [5, 5.41) is 8.42. The molecule has 6 nitrogen and oxygen atoms in total. The predicted octanol–water partition coefficient (Wildman–Crippen LogP) is 3.80. The van der Waals surface area contributed by atoms with Crippen molar-refractivity contribution in [3.05, 3.63) is 64.1 Å². The number of nitrogens with zero attached hydrogens (tertiary/aromatic N) is 1. The third kappa shape index (κ3) is 4.61. The van der Waals surface area contributed by atoms with Gasteiger partial charge in [0.15, 0.2) is 12.4 Å². The number of carbonyl (C=O) groups excluding carboxylic acids is 1. The topological polar surface area (TPSA) is 77.8 Å². The van der Waals surface area contributed by atoms with Gasteiger partial charge in [-0.25, -0.2) is 0 Å². The first-order valence-corrected chi connectivity index (χ1v) is 9.70. The molecule has 0 saturated heterocycles. The second kappa shape index (κ2) is 10.2. The van der Waals surface area contributed by atoms with Crippen LogP contribution in [0.4, 0.5) is 0 Å². The van der Waals surface area contributed by atoms with Crippen LogP contribution in [0.25, 0.3) is 21.9 Å². The van der Waals surface area contributed by atoms with Crippen LogP contribution in [0.15, 0.2) is 47.3 Å². The molecular weight excluding hydrogens is 382 g/mol. The van der Waals surface area contributed by atoms with Gasteiger partial charge in [0.1, 0.15) is 5.75 Å². The highest BCUT2D eigenvalue weighted by atomic mass is 16.5. The quantitative estimate of drug-likeness (QED) is 0.625. The molecule has 1 N–H and O–H groups in total. The molecule has 0 saturated carbocycles. The SMILES string of the molecule is CO.COc1ccc(-c2c(C(C=O)OC(C)C)n(C)c(=O)c3ccc(C)cc23)cc1. The number of aliphatic hydroxyl groups is 1. The van der Waals surface area contributed by atoms with E-state index in [0.29, 0.717) is 11.1 Å². The lowest BCUT2D eigenvalue weighted by Crippen LogP contribution is -2.26. The first-order chi connectivity index (χ1) is 14.4. The molecule has 1 atom stereocenters. The number of aryl methyl sites for hydroxylation is 1. The normalized spacial score (nSPS) is 11.7. The minimum Gasteiger partial charge on any atom is -0.497 e. The third-order valence-corrected chi connectivity index (χ3v) is 4.79. The maximum absolute atomic E-state index is 13.0. The number of hydrogen-bond acceptors (Lipinski definition) is 5. The summed E-state index contributed by atoms with van der Waals surface area (Å²) in [5.74, 6) is 0.737. The van der Waals surface area contributed by atoms with Gasteiger partial charge in [-0.2, -0.15) is 0 Å². The van der Waals surface area contributed by atoms with Crippen LogP contribution in [0.2, 0.25) is 0 Å². The number of hydrogen-bond donors (Lipinski definition) is 1. The number of aldehydes is 1. The summed E-state index contributed by atoms with van der Waals surface area (Å²) in [6.45, 7) is 5.72. The van der Waals surface area contributed by atoms with Crippen LogP contribution in [-0.2, 0) is 16.6 Å². The first-order valence-electron chi connectivity index (χ1n) is 9.70. The van der Waals surface area contributed by atoms with Crippen LogP contribution in [-0.4, -0.2) is 36.3 Å². The Bertz CT molecular complexity index is 1070. The molecule has 3 rings (SSSR count). The van der Waals surface area contributed by atoms with Crippen molar-refractivity contribution >= 4 is 17.1 Å². The Morgan fingerprint density at radius 2 is 1.67 bits per heavy atom. The van der Waals surface area contributed by atoms with Crippen molar-refractivity contribution in [3.8, 4) is 16.9 Å². The van der Waals surface area contributed by atoms with Gasteiger partial charge in [0.25, 0.3) is 5.56 Å². The van der Waals surface area contributed by atoms with E-state index in [1.807, 2.05) is 63.2 Å². The van der Waals surface area contributed by atoms with Gasteiger partial charge >= 0.3 is 0 Å². The highest BCUT2D eigenvalue weighted by Crippen LogP contribution is 2.36. The van der Waals surface area contributed by atoms with Crippen molar-refractivity contribution in [2.24, 2.45) is 7.05 Å². The Balaban J connectivity index is 0.00000155. The molecule has 6 heteroatoms. The number of carbonyl (C=O) groups is 1. The van der Waals surface area contributed by atoms with Crippen LogP contribution in [0.5, 0.6) is 5.75 Å².